The van der Waals surface area contributed by atoms with Crippen LogP contribution in [-0.2, 0) is 6.54 Å². The summed E-state index contributed by atoms with van der Waals surface area (Å²) in [4.78, 5) is 11.0. The molecule has 1 unspecified atom stereocenters. The van der Waals surface area contributed by atoms with Gasteiger partial charge in [-0.05, 0) is 14.0 Å². The Labute approximate surface area is 70.4 Å². The lowest BCUT2D eigenvalue weighted by Gasteiger charge is -2.06. The molecule has 68 valence electrons. The molecule has 12 heavy (non-hydrogen) atoms. The number of nitrogens with one attached hydrogen (secondary N) is 1. The molecule has 0 aliphatic heterocycles. The van der Waals surface area contributed by atoms with E-state index >= 15 is 0 Å². The number of likely N-dealkylation sites (N-methyl/N-ethyl adjacent to an activating group) is 1. The fourth-order valence-corrected chi connectivity index (χ4v) is 0.876. The molecule has 0 saturated carbocycles. The van der Waals surface area contributed by atoms with Crippen LogP contribution in [0.15, 0.2) is 9.21 Å². The van der Waals surface area contributed by atoms with Gasteiger partial charge in [-0.15, -0.1) is 5.10 Å². The number of aromatic nitrogens is 2. The molecule has 0 saturated heterocycles. The van der Waals surface area contributed by atoms with Gasteiger partial charge in [-0.25, -0.2) is 4.79 Å². The van der Waals surface area contributed by atoms with Gasteiger partial charge in [0, 0.05) is 13.0 Å². The highest BCUT2D eigenvalue weighted by atomic mass is 16.4. The lowest BCUT2D eigenvalue weighted by Crippen LogP contribution is -2.31. The maximum Gasteiger partial charge on any atom is 0.437 e. The first-order chi connectivity index (χ1) is 5.63. The number of rotatable bonds is 3. The zero-order valence-electron chi connectivity index (χ0n) is 7.50. The van der Waals surface area contributed by atoms with Crippen molar-refractivity contribution in [3.63, 3.8) is 0 Å². The van der Waals surface area contributed by atoms with Crippen LogP contribution in [0.1, 0.15) is 12.8 Å². The van der Waals surface area contributed by atoms with Crippen LogP contribution in [0.4, 0.5) is 0 Å². The minimum absolute atomic E-state index is 0.215. The van der Waals surface area contributed by atoms with E-state index in [0.717, 1.165) is 0 Å². The SMILES string of the molecule is CNC(C)Cn1nc(C)oc1=O. The first kappa shape index (κ1) is 8.99. The van der Waals surface area contributed by atoms with Gasteiger partial charge < -0.3 is 9.73 Å². The van der Waals surface area contributed by atoms with Crippen molar-refractivity contribution in [2.24, 2.45) is 0 Å². The van der Waals surface area contributed by atoms with Crippen LogP contribution < -0.4 is 11.1 Å². The fourth-order valence-electron chi connectivity index (χ4n) is 0.876. The van der Waals surface area contributed by atoms with Gasteiger partial charge in [0.2, 0.25) is 5.89 Å². The standard InChI is InChI=1S/C7H13N3O2/c1-5(8-3)4-10-7(11)12-6(2)9-10/h5,8H,4H2,1-3H3. The monoisotopic (exact) mass is 171 g/mol. The van der Waals surface area contributed by atoms with E-state index in [4.69, 9.17) is 4.42 Å². The predicted octanol–water partition coefficient (Wildman–Crippen LogP) is -0.247. The Morgan fingerprint density at radius 3 is 2.83 bits per heavy atom. The number of hydrogen-bond acceptors (Lipinski definition) is 4. The second-order valence-electron chi connectivity index (χ2n) is 2.76. The molecule has 1 aromatic rings. The first-order valence-electron chi connectivity index (χ1n) is 3.85. The molecule has 1 aromatic heterocycles. The summed E-state index contributed by atoms with van der Waals surface area (Å²) < 4.78 is 6.04. The van der Waals surface area contributed by atoms with Gasteiger partial charge in [-0.3, -0.25) is 0 Å². The lowest BCUT2D eigenvalue weighted by atomic mass is 10.3. The van der Waals surface area contributed by atoms with Crippen molar-refractivity contribution >= 4 is 0 Å². The molecule has 1 heterocycles. The molecule has 5 nitrogen and oxygen atoms in total. The Bertz CT molecular complexity index is 302. The predicted molar refractivity (Wildman–Crippen MR) is 44.0 cm³/mol. The van der Waals surface area contributed by atoms with E-state index in [1.54, 1.807) is 6.92 Å². The zero-order chi connectivity index (χ0) is 9.14. The Morgan fingerprint density at radius 2 is 2.42 bits per heavy atom. The highest BCUT2D eigenvalue weighted by Crippen LogP contribution is 1.88. The van der Waals surface area contributed by atoms with Crippen LogP contribution in [0, 0.1) is 6.92 Å². The molecule has 0 aliphatic carbocycles. The van der Waals surface area contributed by atoms with Crippen molar-refractivity contribution in [3.8, 4) is 0 Å². The average Bonchev–Trinajstić information content (AvgIpc) is 2.30. The van der Waals surface area contributed by atoms with E-state index in [1.165, 1.54) is 4.68 Å². The van der Waals surface area contributed by atoms with E-state index in [2.05, 4.69) is 10.4 Å². The van der Waals surface area contributed by atoms with Crippen LogP contribution in [0.5, 0.6) is 0 Å². The molecule has 1 atom stereocenters. The summed E-state index contributed by atoms with van der Waals surface area (Å²) in [5.74, 6) is 0.0119. The average molecular weight is 171 g/mol. The molecule has 0 amide bonds. The number of nitrogens with zero attached hydrogens (tertiary/aromatic N) is 2. The highest BCUT2D eigenvalue weighted by Gasteiger charge is 2.06. The van der Waals surface area contributed by atoms with E-state index in [1.807, 2.05) is 14.0 Å². The van der Waals surface area contributed by atoms with Gasteiger partial charge in [-0.2, -0.15) is 4.68 Å². The topological polar surface area (TPSA) is 60.1 Å². The summed E-state index contributed by atoms with van der Waals surface area (Å²) in [6.07, 6.45) is 0. The normalized spacial score (nSPS) is 13.2. The third kappa shape index (κ3) is 1.94. The Hall–Kier alpha value is -1.10. The molecule has 0 fully saturated rings. The summed E-state index contributed by atoms with van der Waals surface area (Å²) in [6.45, 7) is 4.16. The quantitative estimate of drug-likeness (QED) is 0.681. The van der Waals surface area contributed by atoms with Crippen LogP contribution in [0.25, 0.3) is 0 Å². The lowest BCUT2D eigenvalue weighted by molar-refractivity contribution is 0.428. The van der Waals surface area contributed by atoms with Crippen LogP contribution in [0.2, 0.25) is 0 Å². The minimum Gasteiger partial charge on any atom is -0.393 e. The third-order valence-electron chi connectivity index (χ3n) is 1.65. The maximum atomic E-state index is 11.0. The molecule has 0 spiro atoms. The summed E-state index contributed by atoms with van der Waals surface area (Å²) in [7, 11) is 1.84. The molecular weight excluding hydrogens is 158 g/mol. The fraction of sp³-hybridized carbons (Fsp3) is 0.714. The highest BCUT2D eigenvalue weighted by molar-refractivity contribution is 4.69. The smallest absolute Gasteiger partial charge is 0.393 e. The van der Waals surface area contributed by atoms with Crippen LogP contribution >= 0.6 is 0 Å². The zero-order valence-corrected chi connectivity index (χ0v) is 7.50. The van der Waals surface area contributed by atoms with Gasteiger partial charge in [0.25, 0.3) is 0 Å². The van der Waals surface area contributed by atoms with E-state index < -0.39 is 5.76 Å². The minimum atomic E-state index is -0.394. The largest absolute Gasteiger partial charge is 0.437 e. The summed E-state index contributed by atoms with van der Waals surface area (Å²) in [5.41, 5.74) is 0. The van der Waals surface area contributed by atoms with E-state index in [-0.39, 0.29) is 6.04 Å². The first-order valence-corrected chi connectivity index (χ1v) is 3.85. The third-order valence-corrected chi connectivity index (χ3v) is 1.65. The number of hydrogen-bond donors (Lipinski definition) is 1. The molecule has 1 N–H and O–H groups in total. The van der Waals surface area contributed by atoms with Crippen molar-refractivity contribution in [1.82, 2.24) is 15.1 Å². The molecule has 0 bridgehead atoms. The van der Waals surface area contributed by atoms with Crippen molar-refractivity contribution in [3.05, 3.63) is 16.4 Å². The summed E-state index contributed by atoms with van der Waals surface area (Å²) in [5, 5.41) is 6.90. The Balaban J connectivity index is 2.75. The van der Waals surface area contributed by atoms with Crippen molar-refractivity contribution < 1.29 is 4.42 Å². The maximum absolute atomic E-state index is 11.0. The molecule has 0 radical (unpaired) electrons. The number of aryl methyl sites for hydroxylation is 1. The molecule has 5 heteroatoms. The van der Waals surface area contributed by atoms with Crippen LogP contribution in [-0.4, -0.2) is 22.9 Å². The molecule has 0 aliphatic rings. The van der Waals surface area contributed by atoms with Gasteiger partial charge >= 0.3 is 5.76 Å². The van der Waals surface area contributed by atoms with Crippen LogP contribution in [0.3, 0.4) is 0 Å². The summed E-state index contributed by atoms with van der Waals surface area (Å²) >= 11 is 0. The second kappa shape index (κ2) is 3.53. The van der Waals surface area contributed by atoms with Crippen molar-refractivity contribution in [2.45, 2.75) is 26.4 Å². The second-order valence-corrected chi connectivity index (χ2v) is 2.76. The van der Waals surface area contributed by atoms with Gasteiger partial charge in [0.05, 0.1) is 6.54 Å². The van der Waals surface area contributed by atoms with Crippen molar-refractivity contribution in [2.75, 3.05) is 7.05 Å². The molecular formula is C7H13N3O2. The van der Waals surface area contributed by atoms with Gasteiger partial charge in [0.15, 0.2) is 0 Å². The van der Waals surface area contributed by atoms with Crippen molar-refractivity contribution in [1.29, 1.82) is 0 Å². The van der Waals surface area contributed by atoms with Gasteiger partial charge in [0.1, 0.15) is 0 Å². The van der Waals surface area contributed by atoms with E-state index in [0.29, 0.717) is 12.4 Å². The van der Waals surface area contributed by atoms with Gasteiger partial charge in [-0.1, -0.05) is 0 Å². The van der Waals surface area contributed by atoms with E-state index in [9.17, 15) is 4.79 Å². The summed E-state index contributed by atoms with van der Waals surface area (Å²) in [6, 6.07) is 0.215. The molecule has 1 rings (SSSR count). The Morgan fingerprint density at radius 1 is 1.75 bits per heavy atom. The molecule has 0 aromatic carbocycles. The Kier molecular flexibility index (Phi) is 2.65.